The number of morpholine rings is 1. The zero-order valence-corrected chi connectivity index (χ0v) is 17.7. The van der Waals surface area contributed by atoms with Crippen molar-refractivity contribution in [1.29, 1.82) is 5.26 Å². The summed E-state index contributed by atoms with van der Waals surface area (Å²) < 4.78 is 45.6. The molecule has 1 saturated heterocycles. The Morgan fingerprint density at radius 2 is 2.06 bits per heavy atom. The molecule has 1 aliphatic heterocycles. The van der Waals surface area contributed by atoms with Gasteiger partial charge in [-0.25, -0.2) is 0 Å². The van der Waals surface area contributed by atoms with Gasteiger partial charge in [-0.1, -0.05) is 23.4 Å². The molecule has 0 spiro atoms. The summed E-state index contributed by atoms with van der Waals surface area (Å²) in [4.78, 5) is 13.9. The van der Waals surface area contributed by atoms with Crippen molar-refractivity contribution in [2.45, 2.75) is 24.3 Å². The van der Waals surface area contributed by atoms with Crippen LogP contribution in [0.1, 0.15) is 12.0 Å². The number of ether oxygens (including phenoxy) is 1. The average molecular weight is 475 g/mol. The highest BCUT2D eigenvalue weighted by Gasteiger charge is 2.32. The summed E-state index contributed by atoms with van der Waals surface area (Å²) in [5, 5.41) is 19.7. The van der Waals surface area contributed by atoms with E-state index in [1.165, 1.54) is 12.1 Å². The van der Waals surface area contributed by atoms with E-state index in [1.807, 2.05) is 6.07 Å². The van der Waals surface area contributed by atoms with Crippen LogP contribution in [0.4, 0.5) is 24.8 Å². The number of nitrogens with one attached hydrogen (secondary N) is 1. The summed E-state index contributed by atoms with van der Waals surface area (Å²) in [5.41, 5.74) is 0.712. The van der Waals surface area contributed by atoms with Crippen molar-refractivity contribution in [3.63, 3.8) is 0 Å². The van der Waals surface area contributed by atoms with E-state index in [-0.39, 0.29) is 39.8 Å². The Labute approximate surface area is 185 Å². The number of benzene rings is 1. The zero-order chi connectivity index (χ0) is 22.4. The van der Waals surface area contributed by atoms with E-state index in [1.54, 1.807) is 11.0 Å². The monoisotopic (exact) mass is 474 g/mol. The summed E-state index contributed by atoms with van der Waals surface area (Å²) in [7, 11) is 0. The number of nitrogens with zero attached hydrogens (tertiary/aromatic N) is 5. The van der Waals surface area contributed by atoms with E-state index >= 15 is 0 Å². The summed E-state index contributed by atoms with van der Waals surface area (Å²) in [5.74, 6) is -0.00190. The molecule has 3 rings (SSSR count). The van der Waals surface area contributed by atoms with Crippen LogP contribution in [0.5, 0.6) is 0 Å². The van der Waals surface area contributed by atoms with Gasteiger partial charge >= 0.3 is 6.18 Å². The lowest BCUT2D eigenvalue weighted by Gasteiger charge is -2.28. The molecule has 1 aromatic heterocycles. The lowest BCUT2D eigenvalue weighted by Crippen LogP contribution is -2.38. The van der Waals surface area contributed by atoms with E-state index in [9.17, 15) is 18.0 Å². The second kappa shape index (κ2) is 10.2. The van der Waals surface area contributed by atoms with Crippen molar-refractivity contribution in [3.8, 4) is 6.07 Å². The fraction of sp³-hybridized carbons (Fsp3) is 0.444. The van der Waals surface area contributed by atoms with Crippen LogP contribution in [0.3, 0.4) is 0 Å². The smallest absolute Gasteiger partial charge is 0.378 e. The van der Waals surface area contributed by atoms with Crippen molar-refractivity contribution < 1.29 is 22.7 Å². The van der Waals surface area contributed by atoms with Crippen LogP contribution in [0, 0.1) is 11.3 Å². The maximum absolute atomic E-state index is 13.1. The third kappa shape index (κ3) is 6.49. The molecule has 166 valence electrons. The van der Waals surface area contributed by atoms with Crippen molar-refractivity contribution in [1.82, 2.24) is 14.8 Å². The Morgan fingerprint density at radius 3 is 2.71 bits per heavy atom. The highest BCUT2D eigenvalue weighted by molar-refractivity contribution is 7.99. The first kappa shape index (κ1) is 23.2. The van der Waals surface area contributed by atoms with E-state index in [0.717, 1.165) is 16.3 Å². The molecule has 1 aromatic carbocycles. The third-order valence-corrected chi connectivity index (χ3v) is 5.54. The lowest BCUT2D eigenvalue weighted by molar-refractivity contribution is -0.141. The molecule has 1 aliphatic rings. The highest BCUT2D eigenvalue weighted by Crippen LogP contribution is 2.28. The van der Waals surface area contributed by atoms with Gasteiger partial charge < -0.3 is 15.0 Å². The Balaban J connectivity index is 1.61. The lowest BCUT2D eigenvalue weighted by atomic mass is 10.2. The van der Waals surface area contributed by atoms with E-state index in [4.69, 9.17) is 21.6 Å². The topological polar surface area (TPSA) is 96.1 Å². The van der Waals surface area contributed by atoms with Crippen LogP contribution in [0.15, 0.2) is 23.4 Å². The van der Waals surface area contributed by atoms with Crippen molar-refractivity contribution >= 4 is 40.9 Å². The fourth-order valence-corrected chi connectivity index (χ4v) is 3.94. The average Bonchev–Trinajstić information content (AvgIpc) is 3.09. The summed E-state index contributed by atoms with van der Waals surface area (Å²) >= 11 is 6.96. The van der Waals surface area contributed by atoms with E-state index in [2.05, 4.69) is 15.5 Å². The Hall–Kier alpha value is -2.49. The maximum atomic E-state index is 13.1. The van der Waals surface area contributed by atoms with Gasteiger partial charge in [0.05, 0.1) is 23.8 Å². The fourth-order valence-electron chi connectivity index (χ4n) is 2.84. The quantitative estimate of drug-likeness (QED) is 0.615. The van der Waals surface area contributed by atoms with Crippen molar-refractivity contribution in [3.05, 3.63) is 28.8 Å². The zero-order valence-electron chi connectivity index (χ0n) is 16.2. The number of hydrogen-bond acceptors (Lipinski definition) is 7. The standard InChI is InChI=1S/C18H18ClF3N6O2S/c19-14-9-13(2-1-12(14)10-23)24-15(29)3-8-31-17-26-25-16(27-4-6-30-7-5-27)28(17)11-18(20,21)22/h1-2,9H,3-8,11H2,(H,24,29). The van der Waals surface area contributed by atoms with Crippen molar-refractivity contribution in [2.75, 3.05) is 42.3 Å². The molecule has 0 aliphatic carbocycles. The Kier molecular flexibility index (Phi) is 7.64. The molecule has 2 heterocycles. The minimum absolute atomic E-state index is 0.0358. The number of carbonyl (C=O) groups is 1. The normalized spacial score (nSPS) is 14.4. The number of hydrogen-bond donors (Lipinski definition) is 1. The molecule has 1 N–H and O–H groups in total. The van der Waals surface area contributed by atoms with Gasteiger partial charge in [0.15, 0.2) is 5.16 Å². The van der Waals surface area contributed by atoms with Crippen LogP contribution in [0.25, 0.3) is 0 Å². The minimum Gasteiger partial charge on any atom is -0.378 e. The molecule has 8 nitrogen and oxygen atoms in total. The molecule has 31 heavy (non-hydrogen) atoms. The van der Waals surface area contributed by atoms with Gasteiger partial charge in [-0.2, -0.15) is 18.4 Å². The van der Waals surface area contributed by atoms with Gasteiger partial charge in [0, 0.05) is 31.0 Å². The van der Waals surface area contributed by atoms with Crippen LogP contribution in [0.2, 0.25) is 5.02 Å². The number of anilines is 2. The molecule has 0 atom stereocenters. The molecule has 13 heteroatoms. The number of halogens is 4. The molecule has 1 fully saturated rings. The van der Waals surface area contributed by atoms with E-state index < -0.39 is 12.7 Å². The predicted molar refractivity (Wildman–Crippen MR) is 109 cm³/mol. The second-order valence-electron chi connectivity index (χ2n) is 6.54. The molecule has 0 bridgehead atoms. The van der Waals surface area contributed by atoms with Crippen molar-refractivity contribution in [2.24, 2.45) is 0 Å². The van der Waals surface area contributed by atoms with E-state index in [0.29, 0.717) is 32.0 Å². The number of nitriles is 1. The summed E-state index contributed by atoms with van der Waals surface area (Å²) in [6.07, 6.45) is -4.40. The predicted octanol–water partition coefficient (Wildman–Crippen LogP) is 3.32. The number of thioether (sulfide) groups is 1. The third-order valence-electron chi connectivity index (χ3n) is 4.26. The number of alkyl halides is 3. The van der Waals surface area contributed by atoms with Gasteiger partial charge in [-0.3, -0.25) is 9.36 Å². The summed E-state index contributed by atoms with van der Waals surface area (Å²) in [6.45, 7) is 0.444. The second-order valence-corrected chi connectivity index (χ2v) is 8.01. The first-order valence-electron chi connectivity index (χ1n) is 9.22. The highest BCUT2D eigenvalue weighted by atomic mass is 35.5. The van der Waals surface area contributed by atoms with Gasteiger partial charge in [-0.15, -0.1) is 10.2 Å². The summed E-state index contributed by atoms with van der Waals surface area (Å²) in [6, 6.07) is 6.41. The molecule has 0 radical (unpaired) electrons. The van der Waals surface area contributed by atoms with Crippen LogP contribution in [-0.2, 0) is 16.1 Å². The maximum Gasteiger partial charge on any atom is 0.406 e. The number of amides is 1. The number of aromatic nitrogens is 3. The SMILES string of the molecule is N#Cc1ccc(NC(=O)CCSc2nnc(N3CCOCC3)n2CC(F)(F)F)cc1Cl. The molecule has 1 amide bonds. The first-order valence-corrected chi connectivity index (χ1v) is 10.6. The Morgan fingerprint density at radius 1 is 1.32 bits per heavy atom. The van der Waals surface area contributed by atoms with Crippen LogP contribution < -0.4 is 10.2 Å². The van der Waals surface area contributed by atoms with Gasteiger partial charge in [0.25, 0.3) is 0 Å². The van der Waals surface area contributed by atoms with Gasteiger partial charge in [-0.05, 0) is 18.2 Å². The molecular weight excluding hydrogens is 457 g/mol. The first-order chi connectivity index (χ1) is 14.8. The molecule has 0 saturated carbocycles. The minimum atomic E-state index is -4.44. The number of carbonyl (C=O) groups excluding carboxylic acids is 1. The molecular formula is C18H18ClF3N6O2S. The number of rotatable bonds is 7. The molecule has 2 aromatic rings. The van der Waals surface area contributed by atoms with Crippen LogP contribution >= 0.6 is 23.4 Å². The Bertz CT molecular complexity index is 972. The van der Waals surface area contributed by atoms with Gasteiger partial charge in [0.2, 0.25) is 11.9 Å². The largest absolute Gasteiger partial charge is 0.406 e. The van der Waals surface area contributed by atoms with Gasteiger partial charge in [0.1, 0.15) is 12.6 Å². The van der Waals surface area contributed by atoms with Crippen LogP contribution in [-0.4, -0.2) is 58.9 Å². The molecule has 0 unspecified atom stereocenters.